The molecule has 0 spiro atoms. The molecule has 378 valence electrons. The lowest BCUT2D eigenvalue weighted by Gasteiger charge is -2.56. The fraction of sp³-hybridized carbons (Fsp3) is 0.776. The highest BCUT2D eigenvalue weighted by Gasteiger charge is 2.67. The van der Waals surface area contributed by atoms with Crippen molar-refractivity contribution in [2.24, 2.45) is 92.7 Å². The van der Waals surface area contributed by atoms with Crippen molar-refractivity contribution < 1.29 is 49.5 Å². The van der Waals surface area contributed by atoms with E-state index >= 15 is 0 Å². The zero-order chi connectivity index (χ0) is 50.5. The molecule has 8 rings (SSSR count). The van der Waals surface area contributed by atoms with Crippen LogP contribution in [0, 0.1) is 92.7 Å². The van der Waals surface area contributed by atoms with Gasteiger partial charge in [0.05, 0.1) is 18.1 Å². The van der Waals surface area contributed by atoms with Crippen LogP contribution in [0.2, 0.25) is 0 Å². The molecule has 0 saturated heterocycles. The van der Waals surface area contributed by atoms with Crippen molar-refractivity contribution in [1.82, 2.24) is 0 Å². The molecule has 0 aliphatic heterocycles. The largest absolute Gasteiger partial charge is 0.481 e. The fourth-order valence-corrected chi connectivity index (χ4v) is 16.7. The molecule has 4 saturated carbocycles. The van der Waals surface area contributed by atoms with Crippen molar-refractivity contribution >= 4 is 29.1 Å². The van der Waals surface area contributed by atoms with Gasteiger partial charge in [0.15, 0.2) is 23.1 Å². The summed E-state index contributed by atoms with van der Waals surface area (Å²) in [4.78, 5) is 66.3. The summed E-state index contributed by atoms with van der Waals surface area (Å²) in [7, 11) is 0. The number of allylic oxidation sites excluding steroid dienone is 3. The first-order valence-electron chi connectivity index (χ1n) is 26.6. The van der Waals surface area contributed by atoms with Crippen LogP contribution in [-0.4, -0.2) is 79.1 Å². The van der Waals surface area contributed by atoms with Gasteiger partial charge in [0, 0.05) is 56.8 Å². The lowest BCUT2D eigenvalue weighted by molar-refractivity contribution is -0.145. The van der Waals surface area contributed by atoms with E-state index in [9.17, 15) is 49.5 Å². The quantitative estimate of drug-likeness (QED) is 0.125. The van der Waals surface area contributed by atoms with Crippen molar-refractivity contribution in [2.75, 3.05) is 0 Å². The van der Waals surface area contributed by atoms with E-state index in [4.69, 9.17) is 0 Å². The standard InChI is InChI=1S/C29H42O6.C29H44O4/c1-14(16(3)27(34)35)7-8-15(2)18-9-10-19-23-22(31)13-20-17(4)21(30)11-12-28(20,5)24(23)25(32)26(33)29(18,19)6;1-15(2)16(3)8-9-17(4)19-10-11-20-24-23(31)14-21-18(5)22(30)12-13-28(21,6)25(24)26(32)27(33)29(19,20)7/h15-21,26,30,33H,1,7-13H2,2-6H3,(H,34,35);15,17-22,27,30,33H,3,8-14H2,1-2,4-7H3/t15-,16-,17+,18-,19+,20+,21-,26+,28+,29-;17-,18+,19-,20+,21+,22-,27+,28+,29-/m11/s1. The number of ketones is 4. The Morgan fingerprint density at radius 3 is 1.32 bits per heavy atom. The molecule has 8 aliphatic carbocycles. The highest BCUT2D eigenvalue weighted by atomic mass is 16.4. The van der Waals surface area contributed by atoms with E-state index in [1.807, 2.05) is 20.8 Å². The number of carbonyl (C=O) groups excluding carboxylic acids is 4. The van der Waals surface area contributed by atoms with Gasteiger partial charge in [0.2, 0.25) is 0 Å². The minimum absolute atomic E-state index is 0.0228. The summed E-state index contributed by atoms with van der Waals surface area (Å²) < 4.78 is 0. The maximum Gasteiger partial charge on any atom is 0.310 e. The maximum atomic E-state index is 13.9. The first kappa shape index (κ1) is 52.8. The summed E-state index contributed by atoms with van der Waals surface area (Å²) in [6.07, 6.45) is 6.95. The van der Waals surface area contributed by atoms with Gasteiger partial charge in [-0.2, -0.15) is 0 Å². The molecule has 0 aromatic rings. The molecule has 68 heavy (non-hydrogen) atoms. The minimum atomic E-state index is -1.16. The van der Waals surface area contributed by atoms with Gasteiger partial charge in [0.25, 0.3) is 0 Å². The highest BCUT2D eigenvalue weighted by Crippen LogP contribution is 2.67. The van der Waals surface area contributed by atoms with Crippen LogP contribution in [0.25, 0.3) is 0 Å². The number of aliphatic carboxylic acids is 1. The molecule has 10 nitrogen and oxygen atoms in total. The second-order valence-corrected chi connectivity index (χ2v) is 25.1. The first-order valence-corrected chi connectivity index (χ1v) is 26.6. The molecule has 0 aromatic carbocycles. The Hall–Kier alpha value is -3.05. The summed E-state index contributed by atoms with van der Waals surface area (Å²) in [6, 6.07) is 0. The van der Waals surface area contributed by atoms with E-state index in [-0.39, 0.29) is 76.4 Å². The topological polar surface area (TPSA) is 186 Å². The number of carboxylic acid groups (broad SMARTS) is 1. The smallest absolute Gasteiger partial charge is 0.310 e. The van der Waals surface area contributed by atoms with Crippen LogP contribution in [0.4, 0.5) is 0 Å². The van der Waals surface area contributed by atoms with Gasteiger partial charge in [-0.15, -0.1) is 0 Å². The Labute approximate surface area is 407 Å². The molecular formula is C58H86O10. The number of fused-ring (bicyclic) bond motifs is 8. The number of hydrogen-bond acceptors (Lipinski definition) is 9. The van der Waals surface area contributed by atoms with Gasteiger partial charge < -0.3 is 25.5 Å². The Morgan fingerprint density at radius 2 is 0.971 bits per heavy atom. The van der Waals surface area contributed by atoms with E-state index in [1.54, 1.807) is 6.92 Å². The summed E-state index contributed by atoms with van der Waals surface area (Å²) >= 11 is 0. The molecule has 19 atom stereocenters. The average molecular weight is 943 g/mol. The highest BCUT2D eigenvalue weighted by molar-refractivity contribution is 6.13. The van der Waals surface area contributed by atoms with E-state index < -0.39 is 58.0 Å². The molecule has 0 heterocycles. The minimum Gasteiger partial charge on any atom is -0.481 e. The predicted molar refractivity (Wildman–Crippen MR) is 263 cm³/mol. The molecule has 0 aromatic heterocycles. The number of rotatable bonds is 11. The van der Waals surface area contributed by atoms with E-state index in [2.05, 4.69) is 61.6 Å². The summed E-state index contributed by atoms with van der Waals surface area (Å²) in [5, 5.41) is 53.4. The van der Waals surface area contributed by atoms with Gasteiger partial charge in [-0.25, -0.2) is 0 Å². The number of aliphatic hydroxyl groups is 4. The normalized spacial score (nSPS) is 43.3. The van der Waals surface area contributed by atoms with Crippen LogP contribution in [0.5, 0.6) is 0 Å². The average Bonchev–Trinajstić information content (AvgIpc) is 3.84. The molecule has 8 aliphatic rings. The number of carbonyl (C=O) groups is 5. The second kappa shape index (κ2) is 18.8. The van der Waals surface area contributed by atoms with Crippen LogP contribution < -0.4 is 0 Å². The Kier molecular flexibility index (Phi) is 14.6. The van der Waals surface area contributed by atoms with Gasteiger partial charge in [-0.3, -0.25) is 24.0 Å². The third kappa shape index (κ3) is 8.08. The third-order valence-electron chi connectivity index (χ3n) is 21.6. The Bertz CT molecular complexity index is 2160. The van der Waals surface area contributed by atoms with E-state index in [1.165, 1.54) is 5.57 Å². The van der Waals surface area contributed by atoms with Crippen LogP contribution in [0.3, 0.4) is 0 Å². The predicted octanol–water partition coefficient (Wildman–Crippen LogP) is 9.61. The Morgan fingerprint density at radius 1 is 0.603 bits per heavy atom. The lowest BCUT2D eigenvalue weighted by Crippen LogP contribution is -2.58. The lowest BCUT2D eigenvalue weighted by atomic mass is 9.47. The third-order valence-corrected chi connectivity index (χ3v) is 21.6. The summed E-state index contributed by atoms with van der Waals surface area (Å²) in [5.41, 5.74) is 2.31. The molecular weight excluding hydrogens is 857 g/mol. The number of hydrogen-bond donors (Lipinski definition) is 5. The molecule has 4 fully saturated rings. The zero-order valence-corrected chi connectivity index (χ0v) is 43.3. The van der Waals surface area contributed by atoms with Crippen molar-refractivity contribution in [1.29, 1.82) is 0 Å². The van der Waals surface area contributed by atoms with Crippen molar-refractivity contribution in [3.05, 3.63) is 46.6 Å². The number of carboxylic acids is 1. The zero-order valence-electron chi connectivity index (χ0n) is 43.3. The molecule has 0 unspecified atom stereocenters. The van der Waals surface area contributed by atoms with Crippen LogP contribution in [0.1, 0.15) is 166 Å². The SMILES string of the molecule is C=C(CC[C@@H](C)[C@H]1CC[C@H]2C3=C(C(=O)[C@H](O)[C@]12C)[C@@]1(C)CC[C@@H](O)[C@@H](C)[C@@H]1CC3=O)C(C)C.C=C(CC[C@@H](C)[C@H]1CC[C@H]2C3=C(C(=O)[C@H](O)[C@]12C)[C@@]1(C)CC[C@@H](O)[C@@H](C)[C@@H]1CC3=O)[C@@H](C)C(=O)O. The molecule has 10 heteroatoms. The van der Waals surface area contributed by atoms with Gasteiger partial charge >= 0.3 is 5.97 Å². The van der Waals surface area contributed by atoms with Crippen LogP contribution >= 0.6 is 0 Å². The van der Waals surface area contributed by atoms with Crippen molar-refractivity contribution in [3.8, 4) is 0 Å². The summed E-state index contributed by atoms with van der Waals surface area (Å²) in [5.74, 6) is -1.04. The summed E-state index contributed by atoms with van der Waals surface area (Å²) in [6.45, 7) is 30.8. The van der Waals surface area contributed by atoms with Gasteiger partial charge in [-0.1, -0.05) is 93.5 Å². The Balaban J connectivity index is 0.000000202. The number of Topliss-reactive ketones (excluding diaryl/α,β-unsaturated/α-hetero) is 4. The van der Waals surface area contributed by atoms with Gasteiger partial charge in [-0.05, 0) is 149 Å². The van der Waals surface area contributed by atoms with E-state index in [0.717, 1.165) is 50.5 Å². The molecule has 0 bridgehead atoms. The number of aliphatic hydroxyl groups excluding tert-OH is 4. The molecule has 0 amide bonds. The van der Waals surface area contributed by atoms with Crippen LogP contribution in [-0.2, 0) is 24.0 Å². The molecule has 5 N–H and O–H groups in total. The molecule has 0 radical (unpaired) electrons. The van der Waals surface area contributed by atoms with Crippen LogP contribution in [0.15, 0.2) is 46.6 Å². The van der Waals surface area contributed by atoms with Crippen molar-refractivity contribution in [2.45, 2.75) is 190 Å². The maximum absolute atomic E-state index is 13.9. The van der Waals surface area contributed by atoms with Gasteiger partial charge in [0.1, 0.15) is 12.2 Å². The van der Waals surface area contributed by atoms with E-state index in [0.29, 0.717) is 79.1 Å². The van der Waals surface area contributed by atoms with Crippen molar-refractivity contribution in [3.63, 3.8) is 0 Å². The first-order chi connectivity index (χ1) is 31.6. The fourth-order valence-electron chi connectivity index (χ4n) is 16.7. The monoisotopic (exact) mass is 943 g/mol. The second-order valence-electron chi connectivity index (χ2n) is 25.1.